The second-order valence-corrected chi connectivity index (χ2v) is 6.85. The van der Waals surface area contributed by atoms with E-state index in [0.717, 1.165) is 18.5 Å². The molecule has 1 aromatic heterocycles. The molecule has 18 heavy (non-hydrogen) atoms. The molecule has 1 unspecified atom stereocenters. The van der Waals surface area contributed by atoms with Crippen LogP contribution < -0.4 is 5.73 Å². The molecule has 3 atom stereocenters. The smallest absolute Gasteiger partial charge is 0.0519 e. The molecule has 0 amide bonds. The van der Waals surface area contributed by atoms with Gasteiger partial charge in [-0.1, -0.05) is 18.9 Å². The molecule has 1 aromatic rings. The molecular weight excluding hydrogens is 240 g/mol. The highest BCUT2D eigenvalue weighted by molar-refractivity contribution is 7.10. The van der Waals surface area contributed by atoms with Crippen LogP contribution in [0.15, 0.2) is 17.5 Å². The van der Waals surface area contributed by atoms with Gasteiger partial charge in [0.15, 0.2) is 0 Å². The minimum absolute atomic E-state index is 0.214. The van der Waals surface area contributed by atoms with E-state index in [9.17, 15) is 0 Å². The fourth-order valence-electron chi connectivity index (χ4n) is 3.80. The van der Waals surface area contributed by atoms with E-state index in [1.165, 1.54) is 49.9 Å². The fourth-order valence-corrected chi connectivity index (χ4v) is 4.52. The first kappa shape index (κ1) is 12.6. The molecule has 3 rings (SSSR count). The van der Waals surface area contributed by atoms with E-state index in [0.29, 0.717) is 0 Å². The summed E-state index contributed by atoms with van der Waals surface area (Å²) in [5, 5.41) is 2.13. The lowest BCUT2D eigenvalue weighted by molar-refractivity contribution is 0.0564. The van der Waals surface area contributed by atoms with Crippen LogP contribution in [0.3, 0.4) is 0 Å². The summed E-state index contributed by atoms with van der Waals surface area (Å²) in [5.74, 6) is 0.961. The average Bonchev–Trinajstić information content (AvgIpc) is 2.93. The van der Waals surface area contributed by atoms with Gasteiger partial charge >= 0.3 is 0 Å². The quantitative estimate of drug-likeness (QED) is 0.906. The average molecular weight is 264 g/mol. The van der Waals surface area contributed by atoms with Crippen molar-refractivity contribution in [1.82, 2.24) is 4.90 Å². The molecule has 0 aromatic carbocycles. The van der Waals surface area contributed by atoms with Gasteiger partial charge in [-0.2, -0.15) is 0 Å². The number of nitrogens with two attached hydrogens (primary N) is 1. The Hall–Kier alpha value is -0.380. The van der Waals surface area contributed by atoms with Crippen molar-refractivity contribution in [3.8, 4) is 0 Å². The van der Waals surface area contributed by atoms with Crippen LogP contribution in [0.25, 0.3) is 0 Å². The molecule has 1 aliphatic heterocycles. The summed E-state index contributed by atoms with van der Waals surface area (Å²) < 4.78 is 0. The highest BCUT2D eigenvalue weighted by atomic mass is 32.1. The standard InChI is InChI=1S/C15H24N2S/c16-13(15-8-4-10-18-15)11-17-9-3-6-12-5-1-2-7-14(12)17/h4,8,10,12-14H,1-3,5-7,9,11,16H2/t12-,13?,14-/m1/s1. The van der Waals surface area contributed by atoms with Crippen LogP contribution in [0.2, 0.25) is 0 Å². The number of fused-ring (bicyclic) bond motifs is 1. The van der Waals surface area contributed by atoms with E-state index in [1.54, 1.807) is 11.3 Å². The molecule has 2 heterocycles. The van der Waals surface area contributed by atoms with Crippen LogP contribution in [0.4, 0.5) is 0 Å². The Balaban J connectivity index is 1.64. The number of nitrogens with zero attached hydrogens (tertiary/aromatic N) is 1. The summed E-state index contributed by atoms with van der Waals surface area (Å²) in [6, 6.07) is 5.33. The molecule has 2 N–H and O–H groups in total. The van der Waals surface area contributed by atoms with Gasteiger partial charge in [0, 0.05) is 17.5 Å². The normalized spacial score (nSPS) is 30.9. The summed E-state index contributed by atoms with van der Waals surface area (Å²) in [6.45, 7) is 2.32. The molecule has 2 aliphatic rings. The van der Waals surface area contributed by atoms with Gasteiger partial charge in [-0.15, -0.1) is 11.3 Å². The Labute approximate surface area is 114 Å². The molecule has 0 radical (unpaired) electrons. The van der Waals surface area contributed by atoms with Crippen molar-refractivity contribution in [1.29, 1.82) is 0 Å². The summed E-state index contributed by atoms with van der Waals surface area (Å²) in [4.78, 5) is 4.03. The lowest BCUT2D eigenvalue weighted by Crippen LogP contribution is -2.48. The molecule has 1 saturated heterocycles. The highest BCUT2D eigenvalue weighted by Crippen LogP contribution is 2.36. The van der Waals surface area contributed by atoms with Gasteiger partial charge in [0.05, 0.1) is 6.04 Å². The Kier molecular flexibility index (Phi) is 4.02. The third-order valence-electron chi connectivity index (χ3n) is 4.70. The molecule has 1 aliphatic carbocycles. The number of rotatable bonds is 3. The third-order valence-corrected chi connectivity index (χ3v) is 5.70. The maximum absolute atomic E-state index is 6.36. The van der Waals surface area contributed by atoms with Gasteiger partial charge in [-0.25, -0.2) is 0 Å². The van der Waals surface area contributed by atoms with Gasteiger partial charge in [-0.05, 0) is 49.6 Å². The van der Waals surface area contributed by atoms with Crippen molar-refractivity contribution in [2.24, 2.45) is 11.7 Å². The van der Waals surface area contributed by atoms with Crippen molar-refractivity contribution in [3.05, 3.63) is 22.4 Å². The van der Waals surface area contributed by atoms with Gasteiger partial charge in [0.1, 0.15) is 0 Å². The SMILES string of the molecule is NC(CN1CCC[C@H]2CCCC[C@H]21)c1cccs1. The summed E-state index contributed by atoms with van der Waals surface area (Å²) in [6.07, 6.45) is 8.56. The molecule has 2 fully saturated rings. The molecule has 2 nitrogen and oxygen atoms in total. The van der Waals surface area contributed by atoms with Crippen LogP contribution in [0.5, 0.6) is 0 Å². The van der Waals surface area contributed by atoms with Crippen molar-refractivity contribution >= 4 is 11.3 Å². The number of hydrogen-bond acceptors (Lipinski definition) is 3. The zero-order valence-electron chi connectivity index (χ0n) is 11.1. The topological polar surface area (TPSA) is 29.3 Å². The molecular formula is C15H24N2S. The van der Waals surface area contributed by atoms with E-state index < -0.39 is 0 Å². The van der Waals surface area contributed by atoms with Gasteiger partial charge in [0.25, 0.3) is 0 Å². The zero-order valence-corrected chi connectivity index (χ0v) is 11.9. The largest absolute Gasteiger partial charge is 0.322 e. The lowest BCUT2D eigenvalue weighted by Gasteiger charge is -2.45. The first-order valence-corrected chi connectivity index (χ1v) is 8.25. The van der Waals surface area contributed by atoms with Gasteiger partial charge in [-0.3, -0.25) is 4.90 Å². The van der Waals surface area contributed by atoms with Crippen molar-refractivity contribution in [3.63, 3.8) is 0 Å². The second-order valence-electron chi connectivity index (χ2n) is 5.87. The highest BCUT2D eigenvalue weighted by Gasteiger charge is 2.33. The zero-order chi connectivity index (χ0) is 12.4. The number of likely N-dealkylation sites (tertiary alicyclic amines) is 1. The minimum Gasteiger partial charge on any atom is -0.322 e. The van der Waals surface area contributed by atoms with Crippen molar-refractivity contribution in [2.45, 2.75) is 50.6 Å². The predicted octanol–water partition coefficient (Wildman–Crippen LogP) is 3.40. The first-order valence-electron chi connectivity index (χ1n) is 7.37. The van der Waals surface area contributed by atoms with Crippen LogP contribution in [0, 0.1) is 5.92 Å². The van der Waals surface area contributed by atoms with E-state index in [4.69, 9.17) is 5.73 Å². The van der Waals surface area contributed by atoms with Crippen molar-refractivity contribution < 1.29 is 0 Å². The van der Waals surface area contributed by atoms with Crippen molar-refractivity contribution in [2.75, 3.05) is 13.1 Å². The predicted molar refractivity (Wildman–Crippen MR) is 77.8 cm³/mol. The van der Waals surface area contributed by atoms with Crippen LogP contribution in [-0.4, -0.2) is 24.0 Å². The third kappa shape index (κ3) is 2.63. The van der Waals surface area contributed by atoms with E-state index in [-0.39, 0.29) is 6.04 Å². The van der Waals surface area contributed by atoms with E-state index in [1.807, 2.05) is 0 Å². The number of thiophene rings is 1. The lowest BCUT2D eigenvalue weighted by atomic mass is 9.78. The summed E-state index contributed by atoms with van der Waals surface area (Å²) >= 11 is 1.80. The van der Waals surface area contributed by atoms with E-state index >= 15 is 0 Å². The molecule has 100 valence electrons. The summed E-state index contributed by atoms with van der Waals surface area (Å²) in [5.41, 5.74) is 6.36. The Bertz CT molecular complexity index is 361. The number of hydrogen-bond donors (Lipinski definition) is 1. The minimum atomic E-state index is 0.214. The van der Waals surface area contributed by atoms with E-state index in [2.05, 4.69) is 22.4 Å². The van der Waals surface area contributed by atoms with Gasteiger partial charge < -0.3 is 5.73 Å². The Morgan fingerprint density at radius 2 is 2.11 bits per heavy atom. The monoisotopic (exact) mass is 264 g/mol. The molecule has 0 spiro atoms. The Morgan fingerprint density at radius 1 is 1.28 bits per heavy atom. The maximum atomic E-state index is 6.36. The molecule has 1 saturated carbocycles. The number of piperidine rings is 1. The molecule has 0 bridgehead atoms. The second kappa shape index (κ2) is 5.72. The van der Waals surface area contributed by atoms with Crippen LogP contribution in [0.1, 0.15) is 49.4 Å². The Morgan fingerprint density at radius 3 is 2.94 bits per heavy atom. The van der Waals surface area contributed by atoms with Gasteiger partial charge in [0.2, 0.25) is 0 Å². The maximum Gasteiger partial charge on any atom is 0.0519 e. The first-order chi connectivity index (χ1) is 8.84. The summed E-state index contributed by atoms with van der Waals surface area (Å²) in [7, 11) is 0. The molecule has 3 heteroatoms. The van der Waals surface area contributed by atoms with Crippen LogP contribution >= 0.6 is 11.3 Å². The van der Waals surface area contributed by atoms with Crippen LogP contribution in [-0.2, 0) is 0 Å². The fraction of sp³-hybridized carbons (Fsp3) is 0.733.